The Kier molecular flexibility index (Phi) is 6.90. The van der Waals surface area contributed by atoms with Gasteiger partial charge in [-0.15, -0.1) is 0 Å². The van der Waals surface area contributed by atoms with Crippen LogP contribution in [0.4, 0.5) is 5.69 Å². The Bertz CT molecular complexity index is 481. The third kappa shape index (κ3) is 4.96. The van der Waals surface area contributed by atoms with E-state index in [1.165, 1.54) is 18.5 Å². The fourth-order valence-corrected chi connectivity index (χ4v) is 3.03. The molecule has 1 fully saturated rings. The largest absolute Gasteiger partial charge is 0.376 e. The summed E-state index contributed by atoms with van der Waals surface area (Å²) in [7, 11) is 1.86. The molecule has 1 aromatic rings. The molecule has 1 unspecified atom stereocenters. The van der Waals surface area contributed by atoms with Crippen LogP contribution in [0.15, 0.2) is 24.3 Å². The summed E-state index contributed by atoms with van der Waals surface area (Å²) >= 11 is 0. The maximum Gasteiger partial charge on any atom is 0.253 e. The Morgan fingerprint density at radius 3 is 2.57 bits per heavy atom. The molecule has 1 aliphatic rings. The Labute approximate surface area is 140 Å². The van der Waals surface area contributed by atoms with Crippen LogP contribution in [0.25, 0.3) is 0 Å². The number of likely N-dealkylation sites (N-methyl/N-ethyl adjacent to an activating group) is 1. The molecule has 0 aromatic heterocycles. The topological polar surface area (TPSA) is 32.8 Å². The van der Waals surface area contributed by atoms with Crippen LogP contribution >= 0.6 is 0 Å². The lowest BCUT2D eigenvalue weighted by Gasteiger charge is -2.24. The summed E-state index contributed by atoms with van der Waals surface area (Å²) in [6, 6.07) is 8.01. The highest BCUT2D eigenvalue weighted by molar-refractivity contribution is 5.94. The second-order valence-corrected chi connectivity index (χ2v) is 6.30. The first-order valence-electron chi connectivity index (χ1n) is 8.87. The number of hydrogen-bond donors (Lipinski definition) is 0. The van der Waals surface area contributed by atoms with Crippen LogP contribution in [-0.4, -0.2) is 50.2 Å². The van der Waals surface area contributed by atoms with E-state index in [-0.39, 0.29) is 12.0 Å². The van der Waals surface area contributed by atoms with Gasteiger partial charge in [0.2, 0.25) is 0 Å². The van der Waals surface area contributed by atoms with Gasteiger partial charge in [-0.05, 0) is 50.5 Å². The molecule has 4 nitrogen and oxygen atoms in total. The molecule has 0 N–H and O–H groups in total. The second kappa shape index (κ2) is 8.92. The first-order chi connectivity index (χ1) is 11.2. The van der Waals surface area contributed by atoms with Crippen molar-refractivity contribution in [3.8, 4) is 0 Å². The molecule has 2 rings (SSSR count). The average Bonchev–Trinajstić information content (AvgIpc) is 3.08. The summed E-state index contributed by atoms with van der Waals surface area (Å²) in [5.74, 6) is 0.0728. The highest BCUT2D eigenvalue weighted by atomic mass is 16.5. The van der Waals surface area contributed by atoms with Crippen LogP contribution in [0.1, 0.15) is 49.9 Å². The number of anilines is 1. The van der Waals surface area contributed by atoms with E-state index < -0.39 is 0 Å². The summed E-state index contributed by atoms with van der Waals surface area (Å²) in [5, 5.41) is 0. The molecule has 4 heteroatoms. The quantitative estimate of drug-likeness (QED) is 0.734. The molecule has 1 aromatic carbocycles. The number of unbranched alkanes of at least 4 members (excludes halogenated alkanes) is 1. The number of amides is 1. The molecule has 0 bridgehead atoms. The highest BCUT2D eigenvalue weighted by Crippen LogP contribution is 2.18. The van der Waals surface area contributed by atoms with Gasteiger partial charge in [0.25, 0.3) is 5.91 Å². The summed E-state index contributed by atoms with van der Waals surface area (Å²) in [6.07, 6.45) is 4.75. The molecular weight excluding hydrogens is 288 g/mol. The minimum absolute atomic E-state index is 0.0728. The fourth-order valence-electron chi connectivity index (χ4n) is 3.03. The lowest BCUT2D eigenvalue weighted by atomic mass is 10.1. The molecular formula is C19H30N2O2. The number of benzene rings is 1. The van der Waals surface area contributed by atoms with Gasteiger partial charge in [0, 0.05) is 44.5 Å². The number of rotatable bonds is 8. The standard InChI is InChI=1S/C19H30N2O2/c1-4-6-13-21(5-2)17-11-9-16(10-12-17)19(22)20(3)15-18-8-7-14-23-18/h9-12,18H,4-8,13-15H2,1-3H3. The number of hydrogen-bond acceptors (Lipinski definition) is 3. The van der Waals surface area contributed by atoms with Gasteiger partial charge < -0.3 is 14.5 Å². The lowest BCUT2D eigenvalue weighted by molar-refractivity contribution is 0.0587. The summed E-state index contributed by atoms with van der Waals surface area (Å²) in [4.78, 5) is 16.6. The first-order valence-corrected chi connectivity index (χ1v) is 8.87. The van der Waals surface area contributed by atoms with Crippen LogP contribution in [0.5, 0.6) is 0 Å². The van der Waals surface area contributed by atoms with Gasteiger partial charge in [0.1, 0.15) is 0 Å². The molecule has 1 aliphatic heterocycles. The van der Waals surface area contributed by atoms with E-state index in [9.17, 15) is 4.79 Å². The molecule has 128 valence electrons. The number of nitrogens with zero attached hydrogens (tertiary/aromatic N) is 2. The summed E-state index contributed by atoms with van der Waals surface area (Å²) in [6.45, 7) is 7.94. The first kappa shape index (κ1) is 17.8. The van der Waals surface area contributed by atoms with Gasteiger partial charge in [0.15, 0.2) is 0 Å². The van der Waals surface area contributed by atoms with Gasteiger partial charge in [-0.3, -0.25) is 4.79 Å². The molecule has 0 spiro atoms. The van der Waals surface area contributed by atoms with E-state index in [0.29, 0.717) is 6.54 Å². The van der Waals surface area contributed by atoms with Crippen molar-refractivity contribution in [3.63, 3.8) is 0 Å². The smallest absolute Gasteiger partial charge is 0.253 e. The van der Waals surface area contributed by atoms with E-state index in [4.69, 9.17) is 4.74 Å². The normalized spacial score (nSPS) is 17.3. The Hall–Kier alpha value is -1.55. The van der Waals surface area contributed by atoms with Crippen LogP contribution in [0, 0.1) is 0 Å². The van der Waals surface area contributed by atoms with E-state index in [1.54, 1.807) is 4.90 Å². The Balaban J connectivity index is 1.95. The van der Waals surface area contributed by atoms with Crippen LogP contribution in [0.2, 0.25) is 0 Å². The maximum atomic E-state index is 12.5. The zero-order chi connectivity index (χ0) is 16.7. The predicted molar refractivity (Wildman–Crippen MR) is 95.2 cm³/mol. The van der Waals surface area contributed by atoms with Gasteiger partial charge in [-0.1, -0.05) is 13.3 Å². The fraction of sp³-hybridized carbons (Fsp3) is 0.632. The molecule has 1 amide bonds. The molecule has 0 radical (unpaired) electrons. The van der Waals surface area contributed by atoms with E-state index in [2.05, 4.69) is 30.9 Å². The minimum atomic E-state index is 0.0728. The van der Waals surface area contributed by atoms with E-state index in [0.717, 1.165) is 38.1 Å². The number of carbonyl (C=O) groups excluding carboxylic acids is 1. The third-order valence-corrected chi connectivity index (χ3v) is 4.49. The monoisotopic (exact) mass is 318 g/mol. The summed E-state index contributed by atoms with van der Waals surface area (Å²) in [5.41, 5.74) is 1.94. The molecule has 1 saturated heterocycles. The molecule has 1 heterocycles. The van der Waals surface area contributed by atoms with Crippen LogP contribution in [-0.2, 0) is 4.74 Å². The SMILES string of the molecule is CCCCN(CC)c1ccc(C(=O)N(C)CC2CCCO2)cc1. The van der Waals surface area contributed by atoms with Gasteiger partial charge in [-0.2, -0.15) is 0 Å². The summed E-state index contributed by atoms with van der Waals surface area (Å²) < 4.78 is 5.61. The predicted octanol–water partition coefficient (Wildman–Crippen LogP) is 3.56. The van der Waals surface area contributed by atoms with Crippen LogP contribution < -0.4 is 4.90 Å². The van der Waals surface area contributed by atoms with Gasteiger partial charge in [0.05, 0.1) is 6.10 Å². The Morgan fingerprint density at radius 1 is 1.26 bits per heavy atom. The molecule has 0 saturated carbocycles. The lowest BCUT2D eigenvalue weighted by Crippen LogP contribution is -2.34. The Morgan fingerprint density at radius 2 is 2.00 bits per heavy atom. The number of carbonyl (C=O) groups is 1. The minimum Gasteiger partial charge on any atom is -0.376 e. The maximum absolute atomic E-state index is 12.5. The van der Waals surface area contributed by atoms with Crippen molar-refractivity contribution in [2.24, 2.45) is 0 Å². The van der Waals surface area contributed by atoms with Crippen molar-refractivity contribution in [3.05, 3.63) is 29.8 Å². The van der Waals surface area contributed by atoms with Crippen molar-refractivity contribution >= 4 is 11.6 Å². The van der Waals surface area contributed by atoms with E-state index >= 15 is 0 Å². The number of ether oxygens (including phenoxy) is 1. The molecule has 1 atom stereocenters. The van der Waals surface area contributed by atoms with E-state index in [1.807, 2.05) is 19.2 Å². The van der Waals surface area contributed by atoms with Gasteiger partial charge in [-0.25, -0.2) is 0 Å². The van der Waals surface area contributed by atoms with Crippen molar-refractivity contribution in [1.29, 1.82) is 0 Å². The zero-order valence-corrected chi connectivity index (χ0v) is 14.8. The van der Waals surface area contributed by atoms with Crippen molar-refractivity contribution in [1.82, 2.24) is 4.90 Å². The van der Waals surface area contributed by atoms with Crippen molar-refractivity contribution in [2.45, 2.75) is 45.6 Å². The van der Waals surface area contributed by atoms with Crippen molar-refractivity contribution in [2.75, 3.05) is 38.2 Å². The highest BCUT2D eigenvalue weighted by Gasteiger charge is 2.20. The molecule has 23 heavy (non-hydrogen) atoms. The van der Waals surface area contributed by atoms with Crippen molar-refractivity contribution < 1.29 is 9.53 Å². The third-order valence-electron chi connectivity index (χ3n) is 4.49. The molecule has 0 aliphatic carbocycles. The zero-order valence-electron chi connectivity index (χ0n) is 14.8. The van der Waals surface area contributed by atoms with Crippen LogP contribution in [0.3, 0.4) is 0 Å². The second-order valence-electron chi connectivity index (χ2n) is 6.30. The average molecular weight is 318 g/mol. The van der Waals surface area contributed by atoms with Gasteiger partial charge >= 0.3 is 0 Å².